The molecule has 3 heterocycles. The van der Waals surface area contributed by atoms with Crippen molar-refractivity contribution in [2.24, 2.45) is 0 Å². The number of benzene rings is 1. The summed E-state index contributed by atoms with van der Waals surface area (Å²) in [6, 6.07) is 15.4. The lowest BCUT2D eigenvalue weighted by molar-refractivity contribution is 0.0587. The van der Waals surface area contributed by atoms with Gasteiger partial charge in [-0.25, -0.2) is 0 Å². The molecule has 128 valence electrons. The molecule has 1 aliphatic rings. The van der Waals surface area contributed by atoms with Crippen LogP contribution in [0.15, 0.2) is 63.7 Å². The first-order valence-corrected chi connectivity index (χ1v) is 8.36. The monoisotopic (exact) mass is 337 g/mol. The molecule has 25 heavy (non-hydrogen) atoms. The molecular weight excluding hydrogens is 318 g/mol. The second-order valence-electron chi connectivity index (χ2n) is 6.09. The van der Waals surface area contributed by atoms with E-state index in [0.29, 0.717) is 25.4 Å². The fourth-order valence-corrected chi connectivity index (χ4v) is 3.02. The molecular formula is C19H19N3O3. The Morgan fingerprint density at radius 1 is 1.04 bits per heavy atom. The summed E-state index contributed by atoms with van der Waals surface area (Å²) >= 11 is 0. The molecule has 1 aromatic carbocycles. The molecule has 3 aromatic rings. The second-order valence-corrected chi connectivity index (χ2v) is 6.09. The fourth-order valence-electron chi connectivity index (χ4n) is 3.02. The van der Waals surface area contributed by atoms with E-state index in [0.717, 1.165) is 30.1 Å². The molecule has 0 atom stereocenters. The number of furan rings is 1. The number of nitrogens with zero attached hydrogens (tertiary/aromatic N) is 3. The maximum Gasteiger partial charge on any atom is 0.289 e. The summed E-state index contributed by atoms with van der Waals surface area (Å²) in [7, 11) is 0. The van der Waals surface area contributed by atoms with Crippen molar-refractivity contribution >= 4 is 5.91 Å². The van der Waals surface area contributed by atoms with E-state index in [1.54, 1.807) is 12.1 Å². The minimum atomic E-state index is -0.0457. The molecule has 4 rings (SSSR count). The standard InChI is InChI=1S/C19H19N3O3/c23-19(18-7-4-12-24-18)22-10-8-21(9-11-22)14-16-13-17(20-25-16)15-5-2-1-3-6-15/h1-7,12-13H,8-11,14H2. The molecule has 0 unspecified atom stereocenters. The molecule has 0 spiro atoms. The van der Waals surface area contributed by atoms with Gasteiger partial charge >= 0.3 is 0 Å². The van der Waals surface area contributed by atoms with Crippen molar-refractivity contribution in [3.63, 3.8) is 0 Å². The van der Waals surface area contributed by atoms with E-state index in [-0.39, 0.29) is 5.91 Å². The van der Waals surface area contributed by atoms with Gasteiger partial charge in [0.05, 0.1) is 12.8 Å². The third-order valence-electron chi connectivity index (χ3n) is 4.40. The van der Waals surface area contributed by atoms with E-state index in [9.17, 15) is 4.79 Å². The van der Waals surface area contributed by atoms with Crippen molar-refractivity contribution in [3.8, 4) is 11.3 Å². The first-order valence-electron chi connectivity index (χ1n) is 8.36. The van der Waals surface area contributed by atoms with Gasteiger partial charge in [-0.05, 0) is 12.1 Å². The third-order valence-corrected chi connectivity index (χ3v) is 4.40. The van der Waals surface area contributed by atoms with Crippen molar-refractivity contribution in [2.75, 3.05) is 26.2 Å². The Balaban J connectivity index is 1.33. The maximum atomic E-state index is 12.3. The average Bonchev–Trinajstić information content (AvgIpc) is 3.35. The van der Waals surface area contributed by atoms with Crippen LogP contribution in [0.5, 0.6) is 0 Å². The van der Waals surface area contributed by atoms with Crippen LogP contribution in [-0.4, -0.2) is 47.0 Å². The molecule has 1 saturated heterocycles. The summed E-state index contributed by atoms with van der Waals surface area (Å²) in [4.78, 5) is 16.4. The number of amides is 1. The molecule has 1 aliphatic heterocycles. The number of hydrogen-bond donors (Lipinski definition) is 0. The van der Waals surface area contributed by atoms with E-state index >= 15 is 0 Å². The lowest BCUT2D eigenvalue weighted by Gasteiger charge is -2.33. The topological polar surface area (TPSA) is 62.7 Å². The zero-order valence-electron chi connectivity index (χ0n) is 13.8. The largest absolute Gasteiger partial charge is 0.459 e. The van der Waals surface area contributed by atoms with E-state index < -0.39 is 0 Å². The second kappa shape index (κ2) is 6.94. The molecule has 1 amide bonds. The Morgan fingerprint density at radius 3 is 2.56 bits per heavy atom. The summed E-state index contributed by atoms with van der Waals surface area (Å²) in [6.45, 7) is 3.66. The Morgan fingerprint density at radius 2 is 1.84 bits per heavy atom. The van der Waals surface area contributed by atoms with Crippen LogP contribution in [-0.2, 0) is 6.54 Å². The van der Waals surface area contributed by atoms with Crippen LogP contribution in [0.25, 0.3) is 11.3 Å². The van der Waals surface area contributed by atoms with Crippen LogP contribution in [0.2, 0.25) is 0 Å². The number of aromatic nitrogens is 1. The van der Waals surface area contributed by atoms with Crippen molar-refractivity contribution in [2.45, 2.75) is 6.54 Å². The Kier molecular flexibility index (Phi) is 4.35. The smallest absolute Gasteiger partial charge is 0.289 e. The van der Waals surface area contributed by atoms with Crippen LogP contribution >= 0.6 is 0 Å². The van der Waals surface area contributed by atoms with Gasteiger partial charge in [0, 0.05) is 37.8 Å². The van der Waals surface area contributed by atoms with Gasteiger partial charge in [-0.2, -0.15) is 0 Å². The summed E-state index contributed by atoms with van der Waals surface area (Å²) in [5.74, 6) is 1.19. The SMILES string of the molecule is O=C(c1ccco1)N1CCN(Cc2cc(-c3ccccc3)no2)CC1. The third kappa shape index (κ3) is 3.49. The average molecular weight is 337 g/mol. The highest BCUT2D eigenvalue weighted by atomic mass is 16.5. The lowest BCUT2D eigenvalue weighted by Crippen LogP contribution is -2.48. The number of piperazine rings is 1. The zero-order valence-corrected chi connectivity index (χ0v) is 13.8. The van der Waals surface area contributed by atoms with Crippen LogP contribution < -0.4 is 0 Å². The van der Waals surface area contributed by atoms with E-state index in [4.69, 9.17) is 8.94 Å². The molecule has 1 fully saturated rings. The number of hydrogen-bond acceptors (Lipinski definition) is 5. The Bertz CT molecular complexity index is 819. The molecule has 0 bridgehead atoms. The van der Waals surface area contributed by atoms with Crippen molar-refractivity contribution in [1.82, 2.24) is 15.0 Å². The summed E-state index contributed by atoms with van der Waals surface area (Å²) in [5, 5.41) is 4.15. The number of carbonyl (C=O) groups excluding carboxylic acids is 1. The first kappa shape index (κ1) is 15.7. The van der Waals surface area contributed by atoms with Crippen LogP contribution in [0.4, 0.5) is 0 Å². The maximum absolute atomic E-state index is 12.3. The van der Waals surface area contributed by atoms with Crippen LogP contribution in [0, 0.1) is 0 Å². The minimum Gasteiger partial charge on any atom is -0.459 e. The fraction of sp³-hybridized carbons (Fsp3) is 0.263. The van der Waals surface area contributed by atoms with Gasteiger partial charge < -0.3 is 13.8 Å². The lowest BCUT2D eigenvalue weighted by atomic mass is 10.1. The van der Waals surface area contributed by atoms with E-state index in [2.05, 4.69) is 10.1 Å². The predicted molar refractivity (Wildman–Crippen MR) is 91.8 cm³/mol. The van der Waals surface area contributed by atoms with Gasteiger partial charge in [0.2, 0.25) is 0 Å². The molecule has 0 saturated carbocycles. The predicted octanol–water partition coefficient (Wildman–Crippen LogP) is 2.89. The highest BCUT2D eigenvalue weighted by Gasteiger charge is 2.24. The summed E-state index contributed by atoms with van der Waals surface area (Å²) in [6.07, 6.45) is 1.53. The molecule has 6 nitrogen and oxygen atoms in total. The van der Waals surface area contributed by atoms with Crippen molar-refractivity contribution in [1.29, 1.82) is 0 Å². The molecule has 6 heteroatoms. The first-order chi connectivity index (χ1) is 12.3. The van der Waals surface area contributed by atoms with Gasteiger partial charge in [-0.15, -0.1) is 0 Å². The molecule has 0 radical (unpaired) electrons. The normalized spacial score (nSPS) is 15.4. The Hall–Kier alpha value is -2.86. The molecule has 2 aromatic heterocycles. The van der Waals surface area contributed by atoms with Crippen molar-refractivity contribution < 1.29 is 13.7 Å². The van der Waals surface area contributed by atoms with Crippen LogP contribution in [0.1, 0.15) is 16.3 Å². The highest BCUT2D eigenvalue weighted by Crippen LogP contribution is 2.20. The van der Waals surface area contributed by atoms with Gasteiger partial charge in [0.25, 0.3) is 5.91 Å². The van der Waals surface area contributed by atoms with E-state index in [1.165, 1.54) is 6.26 Å². The minimum absolute atomic E-state index is 0.0457. The van der Waals surface area contributed by atoms with Crippen molar-refractivity contribution in [3.05, 3.63) is 66.3 Å². The number of rotatable bonds is 4. The quantitative estimate of drug-likeness (QED) is 0.732. The van der Waals surface area contributed by atoms with Crippen LogP contribution in [0.3, 0.4) is 0 Å². The van der Waals surface area contributed by atoms with Gasteiger partial charge in [-0.1, -0.05) is 35.5 Å². The van der Waals surface area contributed by atoms with Gasteiger partial charge in [0.1, 0.15) is 5.69 Å². The highest BCUT2D eigenvalue weighted by molar-refractivity contribution is 5.91. The summed E-state index contributed by atoms with van der Waals surface area (Å²) in [5.41, 5.74) is 1.90. The number of carbonyl (C=O) groups is 1. The van der Waals surface area contributed by atoms with Gasteiger partial charge in [-0.3, -0.25) is 9.69 Å². The zero-order chi connectivity index (χ0) is 17.1. The molecule has 0 N–H and O–H groups in total. The Labute approximate surface area is 145 Å². The van der Waals surface area contributed by atoms with E-state index in [1.807, 2.05) is 41.3 Å². The summed E-state index contributed by atoms with van der Waals surface area (Å²) < 4.78 is 10.7. The molecule has 0 aliphatic carbocycles. The van der Waals surface area contributed by atoms with Gasteiger partial charge in [0.15, 0.2) is 11.5 Å².